The second kappa shape index (κ2) is 7.46. The molecule has 5 heteroatoms. The molecule has 156 valence electrons. The molecule has 0 saturated heterocycles. The van der Waals surface area contributed by atoms with Crippen molar-refractivity contribution in [2.75, 3.05) is 17.7 Å². The van der Waals surface area contributed by atoms with Crippen molar-refractivity contribution in [1.82, 2.24) is 9.97 Å². The summed E-state index contributed by atoms with van der Waals surface area (Å²) in [6.45, 7) is 0. The number of hydrogen-bond donors (Lipinski definition) is 3. The highest BCUT2D eigenvalue weighted by molar-refractivity contribution is 5.87. The van der Waals surface area contributed by atoms with Gasteiger partial charge < -0.3 is 20.4 Å². The fourth-order valence-electron chi connectivity index (χ4n) is 4.20. The predicted molar refractivity (Wildman–Crippen MR) is 130 cm³/mol. The van der Waals surface area contributed by atoms with Crippen molar-refractivity contribution < 1.29 is 4.74 Å². The average molecular weight is 419 g/mol. The minimum Gasteiger partial charge on any atom is -0.497 e. The van der Waals surface area contributed by atoms with Crippen LogP contribution in [0.1, 0.15) is 11.7 Å². The maximum Gasteiger partial charge on any atom is 0.138 e. The van der Waals surface area contributed by atoms with Crippen molar-refractivity contribution in [3.8, 4) is 28.3 Å². The van der Waals surface area contributed by atoms with Crippen LogP contribution in [0.3, 0.4) is 0 Å². The van der Waals surface area contributed by atoms with Gasteiger partial charge in [-0.3, -0.25) is 0 Å². The Kier molecular flexibility index (Phi) is 4.32. The van der Waals surface area contributed by atoms with Crippen LogP contribution >= 0.6 is 0 Å². The van der Waals surface area contributed by atoms with Gasteiger partial charge in [0.2, 0.25) is 0 Å². The number of benzene rings is 4. The SMILES string of the molecule is COc1ccc(-c2nc3ccc(-c4ccc5c(c4)NC(c4ccccc4)N5)cc3[nH]2)cc1. The van der Waals surface area contributed by atoms with Crippen LogP contribution in [0, 0.1) is 0 Å². The fraction of sp³-hybridized carbons (Fsp3) is 0.0741. The Morgan fingerprint density at radius 2 is 1.44 bits per heavy atom. The highest BCUT2D eigenvalue weighted by Crippen LogP contribution is 2.38. The van der Waals surface area contributed by atoms with Crippen molar-refractivity contribution in [2.24, 2.45) is 0 Å². The Hall–Kier alpha value is -4.25. The predicted octanol–water partition coefficient (Wildman–Crippen LogP) is 6.44. The zero-order valence-electron chi connectivity index (χ0n) is 17.6. The van der Waals surface area contributed by atoms with E-state index in [4.69, 9.17) is 9.72 Å². The molecule has 6 rings (SSSR count). The summed E-state index contributed by atoms with van der Waals surface area (Å²) in [5.41, 5.74) is 8.75. The lowest BCUT2D eigenvalue weighted by Crippen LogP contribution is -2.11. The highest BCUT2D eigenvalue weighted by Gasteiger charge is 2.21. The molecule has 1 aromatic heterocycles. The van der Waals surface area contributed by atoms with Crippen LogP contribution in [0.4, 0.5) is 11.4 Å². The lowest BCUT2D eigenvalue weighted by atomic mass is 10.0. The topological polar surface area (TPSA) is 62.0 Å². The van der Waals surface area contributed by atoms with Crippen LogP contribution in [0.25, 0.3) is 33.5 Å². The normalized spacial score (nSPS) is 14.6. The van der Waals surface area contributed by atoms with Gasteiger partial charge in [-0.25, -0.2) is 4.98 Å². The highest BCUT2D eigenvalue weighted by atomic mass is 16.5. The third kappa shape index (κ3) is 3.24. The largest absolute Gasteiger partial charge is 0.497 e. The van der Waals surface area contributed by atoms with Crippen molar-refractivity contribution in [1.29, 1.82) is 0 Å². The molecule has 0 fully saturated rings. The van der Waals surface area contributed by atoms with E-state index in [1.807, 2.05) is 30.3 Å². The minimum absolute atomic E-state index is 0.0867. The third-order valence-electron chi connectivity index (χ3n) is 5.93. The first-order valence-electron chi connectivity index (χ1n) is 10.6. The number of anilines is 2. The lowest BCUT2D eigenvalue weighted by Gasteiger charge is -2.12. The Morgan fingerprint density at radius 1 is 0.719 bits per heavy atom. The summed E-state index contributed by atoms with van der Waals surface area (Å²) in [7, 11) is 1.67. The van der Waals surface area contributed by atoms with E-state index < -0.39 is 0 Å². The lowest BCUT2D eigenvalue weighted by molar-refractivity contribution is 0.415. The molecule has 0 spiro atoms. The summed E-state index contributed by atoms with van der Waals surface area (Å²) in [6.07, 6.45) is 0.0867. The number of ether oxygens (including phenoxy) is 1. The first-order valence-corrected chi connectivity index (χ1v) is 10.6. The maximum absolute atomic E-state index is 5.25. The summed E-state index contributed by atoms with van der Waals surface area (Å²) in [4.78, 5) is 8.22. The van der Waals surface area contributed by atoms with E-state index in [2.05, 4.69) is 76.3 Å². The first-order chi connectivity index (χ1) is 15.8. The smallest absolute Gasteiger partial charge is 0.138 e. The van der Waals surface area contributed by atoms with Crippen LogP contribution in [0.2, 0.25) is 0 Å². The number of nitrogens with zero attached hydrogens (tertiary/aromatic N) is 1. The molecule has 0 radical (unpaired) electrons. The summed E-state index contributed by atoms with van der Waals surface area (Å²) < 4.78 is 5.25. The number of nitrogens with one attached hydrogen (secondary N) is 3. The van der Waals surface area contributed by atoms with Gasteiger partial charge in [0.25, 0.3) is 0 Å². The number of hydrogen-bond acceptors (Lipinski definition) is 4. The van der Waals surface area contributed by atoms with Crippen LogP contribution in [0.15, 0.2) is 91.0 Å². The summed E-state index contributed by atoms with van der Waals surface area (Å²) >= 11 is 0. The number of H-pyrrole nitrogens is 1. The molecule has 0 amide bonds. The minimum atomic E-state index is 0.0867. The average Bonchev–Trinajstić information content (AvgIpc) is 3.48. The molecule has 3 N–H and O–H groups in total. The zero-order valence-corrected chi connectivity index (χ0v) is 17.6. The van der Waals surface area contributed by atoms with Crippen molar-refractivity contribution in [2.45, 2.75) is 6.17 Å². The van der Waals surface area contributed by atoms with Crippen molar-refractivity contribution in [3.05, 3.63) is 96.6 Å². The Balaban J connectivity index is 1.30. The number of aromatic nitrogens is 2. The molecule has 2 heterocycles. The number of imidazole rings is 1. The molecule has 1 aliphatic heterocycles. The number of methoxy groups -OCH3 is 1. The van der Waals surface area contributed by atoms with Gasteiger partial charge >= 0.3 is 0 Å². The summed E-state index contributed by atoms with van der Waals surface area (Å²) in [5, 5.41) is 7.14. The molecule has 5 aromatic rings. The van der Waals surface area contributed by atoms with E-state index in [0.29, 0.717) is 0 Å². The van der Waals surface area contributed by atoms with Gasteiger partial charge in [-0.05, 0) is 65.2 Å². The molecule has 5 nitrogen and oxygen atoms in total. The molecule has 0 aliphatic carbocycles. The van der Waals surface area contributed by atoms with Gasteiger partial charge in [0.1, 0.15) is 17.7 Å². The van der Waals surface area contributed by atoms with Crippen LogP contribution in [-0.2, 0) is 0 Å². The Morgan fingerprint density at radius 3 is 2.25 bits per heavy atom. The van der Waals surface area contributed by atoms with Crippen LogP contribution in [0.5, 0.6) is 5.75 Å². The first kappa shape index (κ1) is 18.5. The fourth-order valence-corrected chi connectivity index (χ4v) is 4.20. The molecule has 1 unspecified atom stereocenters. The van der Waals surface area contributed by atoms with Crippen molar-refractivity contribution in [3.63, 3.8) is 0 Å². The van der Waals surface area contributed by atoms with Gasteiger partial charge in [-0.2, -0.15) is 0 Å². The van der Waals surface area contributed by atoms with Crippen LogP contribution in [-0.4, -0.2) is 17.1 Å². The maximum atomic E-state index is 5.25. The van der Waals surface area contributed by atoms with E-state index in [9.17, 15) is 0 Å². The van der Waals surface area contributed by atoms with Crippen LogP contribution < -0.4 is 15.4 Å². The summed E-state index contributed by atoms with van der Waals surface area (Å²) in [5.74, 6) is 1.69. The standard InChI is InChI=1S/C27H22N4O/c1-32-21-11-7-18(8-12-21)27-29-23-14-10-20(16-25(23)31-27)19-9-13-22-24(15-19)30-26(28-22)17-5-3-2-4-6-17/h2-16,26,28,30H,1H3,(H,29,31). The van der Waals surface area contributed by atoms with Crippen molar-refractivity contribution >= 4 is 22.4 Å². The second-order valence-corrected chi connectivity index (χ2v) is 7.94. The van der Waals surface area contributed by atoms with Gasteiger partial charge in [0.05, 0.1) is 29.5 Å². The molecular formula is C27H22N4O. The quantitative estimate of drug-likeness (QED) is 0.314. The number of rotatable bonds is 4. The second-order valence-electron chi connectivity index (χ2n) is 7.94. The third-order valence-corrected chi connectivity index (χ3v) is 5.93. The molecule has 4 aromatic carbocycles. The van der Waals surface area contributed by atoms with Gasteiger partial charge in [-0.1, -0.05) is 42.5 Å². The molecular weight excluding hydrogens is 396 g/mol. The van der Waals surface area contributed by atoms with Gasteiger partial charge in [-0.15, -0.1) is 0 Å². The Bertz CT molecular complexity index is 1410. The monoisotopic (exact) mass is 418 g/mol. The van der Waals surface area contributed by atoms with Gasteiger partial charge in [0.15, 0.2) is 0 Å². The van der Waals surface area contributed by atoms with E-state index in [1.54, 1.807) is 7.11 Å². The Labute approximate surface area is 186 Å². The number of fused-ring (bicyclic) bond motifs is 2. The number of aromatic amines is 1. The molecule has 0 bridgehead atoms. The molecule has 1 atom stereocenters. The van der Waals surface area contributed by atoms with E-state index in [-0.39, 0.29) is 6.17 Å². The van der Waals surface area contributed by atoms with E-state index in [1.165, 1.54) is 5.56 Å². The molecule has 1 aliphatic rings. The van der Waals surface area contributed by atoms with E-state index in [0.717, 1.165) is 50.7 Å². The zero-order chi connectivity index (χ0) is 21.5. The van der Waals surface area contributed by atoms with Gasteiger partial charge in [0, 0.05) is 5.56 Å². The molecule has 32 heavy (non-hydrogen) atoms. The molecule has 0 saturated carbocycles. The van der Waals surface area contributed by atoms with E-state index >= 15 is 0 Å². The summed E-state index contributed by atoms with van der Waals surface area (Å²) in [6, 6.07) is 31.2.